The normalized spacial score (nSPS) is 35.5. The molecule has 1 saturated heterocycles. The quantitative estimate of drug-likeness (QED) is 0.771. The molecule has 0 unspecified atom stereocenters. The van der Waals surface area contributed by atoms with Gasteiger partial charge in [0.15, 0.2) is 5.78 Å². The van der Waals surface area contributed by atoms with Gasteiger partial charge in [-0.05, 0) is 38.5 Å². The highest BCUT2D eigenvalue weighted by Crippen LogP contribution is 2.29. The maximum Gasteiger partial charge on any atom is 0.189 e. The summed E-state index contributed by atoms with van der Waals surface area (Å²) in [5, 5.41) is 0.281. The number of ketones is 2. The fraction of sp³-hybridized carbons (Fsp3) is 0.900. The lowest BCUT2D eigenvalue weighted by molar-refractivity contribution is -0.897. The molecular weight excluding hydrogens is 322 g/mol. The third kappa shape index (κ3) is 4.82. The average Bonchev–Trinajstić information content (AvgIpc) is 2.63. The lowest BCUT2D eigenvalue weighted by atomic mass is 9.78. The Balaban J connectivity index is 1.40. The first-order valence-corrected chi connectivity index (χ1v) is 10.6. The second-order valence-electron chi connectivity index (χ2n) is 8.35. The summed E-state index contributed by atoms with van der Waals surface area (Å²) in [5.74, 6) is 1.84. The first-order chi connectivity index (χ1) is 11.6. The number of alkyl halides is 1. The highest BCUT2D eigenvalue weighted by Gasteiger charge is 2.34. The Labute approximate surface area is 151 Å². The lowest BCUT2D eigenvalue weighted by Crippen LogP contribution is -3.14. The predicted molar refractivity (Wildman–Crippen MR) is 96.5 cm³/mol. The van der Waals surface area contributed by atoms with E-state index in [0.717, 1.165) is 64.5 Å². The molecule has 0 aromatic heterocycles. The molecule has 0 amide bonds. The van der Waals surface area contributed by atoms with Gasteiger partial charge >= 0.3 is 0 Å². The molecule has 3 fully saturated rings. The fourth-order valence-corrected chi connectivity index (χ4v) is 5.23. The van der Waals surface area contributed by atoms with Gasteiger partial charge in [-0.3, -0.25) is 9.59 Å². The van der Waals surface area contributed by atoms with Gasteiger partial charge in [0.2, 0.25) is 0 Å². The molecule has 0 spiro atoms. The molecule has 4 heteroatoms. The van der Waals surface area contributed by atoms with E-state index >= 15 is 0 Å². The zero-order chi connectivity index (χ0) is 16.9. The second-order valence-corrected chi connectivity index (χ2v) is 8.97. The smallest absolute Gasteiger partial charge is 0.189 e. The molecule has 3 rings (SSSR count). The van der Waals surface area contributed by atoms with E-state index in [2.05, 4.69) is 0 Å². The van der Waals surface area contributed by atoms with Crippen molar-refractivity contribution in [2.24, 2.45) is 17.8 Å². The van der Waals surface area contributed by atoms with Gasteiger partial charge in [0, 0.05) is 36.0 Å². The maximum atomic E-state index is 12.7. The Morgan fingerprint density at radius 1 is 0.750 bits per heavy atom. The minimum Gasteiger partial charge on any atom is -0.329 e. The van der Waals surface area contributed by atoms with Crippen LogP contribution in [0.1, 0.15) is 70.6 Å². The van der Waals surface area contributed by atoms with Crippen LogP contribution in [0, 0.1) is 17.8 Å². The van der Waals surface area contributed by atoms with Crippen LogP contribution in [-0.2, 0) is 9.59 Å². The number of hydrogen-bond acceptors (Lipinski definition) is 2. The number of nitrogens with one attached hydrogen (secondary N) is 1. The first kappa shape index (κ1) is 18.4. The van der Waals surface area contributed by atoms with Crippen LogP contribution in [0.5, 0.6) is 0 Å². The molecule has 0 aromatic carbocycles. The first-order valence-electron chi connectivity index (χ1n) is 10.2. The number of likely N-dealkylation sites (tertiary alicyclic amines) is 1. The minimum atomic E-state index is 0.245. The number of quaternary nitrogens is 1. The Morgan fingerprint density at radius 2 is 1.33 bits per heavy atom. The van der Waals surface area contributed by atoms with Crippen molar-refractivity contribution in [2.75, 3.05) is 19.6 Å². The Morgan fingerprint density at radius 3 is 1.96 bits per heavy atom. The number of piperidine rings is 1. The van der Waals surface area contributed by atoms with Gasteiger partial charge in [-0.25, -0.2) is 0 Å². The van der Waals surface area contributed by atoms with E-state index in [1.807, 2.05) is 0 Å². The zero-order valence-electron chi connectivity index (χ0n) is 14.9. The molecule has 24 heavy (non-hydrogen) atoms. The zero-order valence-corrected chi connectivity index (χ0v) is 15.7. The van der Waals surface area contributed by atoms with Crippen LogP contribution in [0.25, 0.3) is 0 Å². The SMILES string of the molecule is O=C(C[NH+]1CCC(C(=O)C2CCCCC2)CC1)C1CCC(Cl)CC1. The Hall–Kier alpha value is -0.410. The van der Waals surface area contributed by atoms with Crippen LogP contribution in [0.2, 0.25) is 0 Å². The molecule has 0 atom stereocenters. The van der Waals surface area contributed by atoms with Gasteiger partial charge in [-0.15, -0.1) is 11.6 Å². The average molecular weight is 355 g/mol. The van der Waals surface area contributed by atoms with Gasteiger partial charge in [-0.2, -0.15) is 0 Å². The summed E-state index contributed by atoms with van der Waals surface area (Å²) in [4.78, 5) is 26.6. The molecule has 0 aromatic rings. The van der Waals surface area contributed by atoms with Crippen molar-refractivity contribution >= 4 is 23.2 Å². The molecule has 0 bridgehead atoms. The van der Waals surface area contributed by atoms with Crippen LogP contribution in [-0.4, -0.2) is 36.6 Å². The highest BCUT2D eigenvalue weighted by atomic mass is 35.5. The summed E-state index contributed by atoms with van der Waals surface area (Å²) < 4.78 is 0. The van der Waals surface area contributed by atoms with Gasteiger partial charge < -0.3 is 4.90 Å². The van der Waals surface area contributed by atoms with Crippen molar-refractivity contribution < 1.29 is 14.5 Å². The van der Waals surface area contributed by atoms with Crippen molar-refractivity contribution in [3.8, 4) is 0 Å². The summed E-state index contributed by atoms with van der Waals surface area (Å²) in [7, 11) is 0. The Kier molecular flexibility index (Phi) is 6.74. The van der Waals surface area contributed by atoms with E-state index in [4.69, 9.17) is 11.6 Å². The number of hydrogen-bond donors (Lipinski definition) is 1. The van der Waals surface area contributed by atoms with Gasteiger partial charge in [-0.1, -0.05) is 19.3 Å². The standard InChI is InChI=1S/C20H32ClNO2/c21-18-8-6-15(7-9-18)19(23)14-22-12-10-17(11-13-22)20(24)16-4-2-1-3-5-16/h15-18H,1-14H2/p+1. The Bertz CT molecular complexity index is 431. The van der Waals surface area contributed by atoms with Crippen molar-refractivity contribution in [1.29, 1.82) is 0 Å². The second kappa shape index (κ2) is 8.80. The van der Waals surface area contributed by atoms with Gasteiger partial charge in [0.25, 0.3) is 0 Å². The molecule has 3 aliphatic rings. The van der Waals surface area contributed by atoms with E-state index in [0.29, 0.717) is 24.0 Å². The van der Waals surface area contributed by atoms with Gasteiger partial charge in [0.05, 0.1) is 13.1 Å². The van der Waals surface area contributed by atoms with Crippen LogP contribution < -0.4 is 4.90 Å². The van der Waals surface area contributed by atoms with Crippen LogP contribution in [0.3, 0.4) is 0 Å². The minimum absolute atomic E-state index is 0.245. The monoisotopic (exact) mass is 354 g/mol. The van der Waals surface area contributed by atoms with E-state index in [1.165, 1.54) is 24.2 Å². The highest BCUT2D eigenvalue weighted by molar-refractivity contribution is 6.20. The topological polar surface area (TPSA) is 38.6 Å². The number of Topliss-reactive ketones (excluding diaryl/α,β-unsaturated/α-hetero) is 2. The molecule has 2 saturated carbocycles. The molecule has 136 valence electrons. The van der Waals surface area contributed by atoms with Crippen molar-refractivity contribution in [1.82, 2.24) is 0 Å². The molecule has 1 aliphatic heterocycles. The molecule has 1 N–H and O–H groups in total. The summed E-state index contributed by atoms with van der Waals surface area (Å²) in [6.07, 6.45) is 11.9. The number of carbonyl (C=O) groups excluding carboxylic acids is 2. The van der Waals surface area contributed by atoms with Crippen LogP contribution in [0.4, 0.5) is 0 Å². The number of halogens is 1. The van der Waals surface area contributed by atoms with E-state index in [9.17, 15) is 9.59 Å². The molecule has 2 aliphatic carbocycles. The van der Waals surface area contributed by atoms with Crippen molar-refractivity contribution in [3.63, 3.8) is 0 Å². The van der Waals surface area contributed by atoms with E-state index < -0.39 is 0 Å². The van der Waals surface area contributed by atoms with E-state index in [-0.39, 0.29) is 17.2 Å². The molecule has 3 nitrogen and oxygen atoms in total. The molecule has 1 heterocycles. The summed E-state index contributed by atoms with van der Waals surface area (Å²) in [6, 6.07) is 0. The lowest BCUT2D eigenvalue weighted by Gasteiger charge is -2.32. The summed E-state index contributed by atoms with van der Waals surface area (Å²) in [6.45, 7) is 2.67. The maximum absolute atomic E-state index is 12.7. The fourth-order valence-electron chi connectivity index (χ4n) is 4.97. The van der Waals surface area contributed by atoms with Gasteiger partial charge in [0.1, 0.15) is 12.3 Å². The van der Waals surface area contributed by atoms with Crippen LogP contribution in [0.15, 0.2) is 0 Å². The summed E-state index contributed by atoms with van der Waals surface area (Å²) in [5.41, 5.74) is 0. The number of rotatable bonds is 5. The number of carbonyl (C=O) groups is 2. The third-order valence-corrected chi connectivity index (χ3v) is 7.08. The van der Waals surface area contributed by atoms with Crippen LogP contribution >= 0.6 is 11.6 Å². The third-order valence-electron chi connectivity index (χ3n) is 6.64. The van der Waals surface area contributed by atoms with E-state index in [1.54, 1.807) is 0 Å². The molecule has 0 radical (unpaired) electrons. The predicted octanol–water partition coefficient (Wildman–Crippen LogP) is 2.80. The summed E-state index contributed by atoms with van der Waals surface area (Å²) >= 11 is 6.14. The van der Waals surface area contributed by atoms with Crippen molar-refractivity contribution in [3.05, 3.63) is 0 Å². The molecular formula is C20H33ClNO2+. The van der Waals surface area contributed by atoms with Crippen molar-refractivity contribution in [2.45, 2.75) is 76.0 Å². The largest absolute Gasteiger partial charge is 0.329 e.